The molecule has 0 aromatic carbocycles. The minimum atomic E-state index is -0.0593. The summed E-state index contributed by atoms with van der Waals surface area (Å²) in [6.07, 6.45) is 0.849. The molecule has 13 heavy (non-hydrogen) atoms. The molecule has 2 amide bonds. The Morgan fingerprint density at radius 3 is 2.46 bits per heavy atom. The van der Waals surface area contributed by atoms with E-state index >= 15 is 0 Å². The predicted molar refractivity (Wildman–Crippen MR) is 54.5 cm³/mol. The lowest BCUT2D eigenvalue weighted by Gasteiger charge is -2.20. The molecular formula is C9H21N3O. The first kappa shape index (κ1) is 12.2. The summed E-state index contributed by atoms with van der Waals surface area (Å²) < 4.78 is 0. The molecule has 1 unspecified atom stereocenters. The standard InChI is InChI=1S/C9H21N3O/c1-7(2)8(10)5-6-12(4)9(13)11-3/h7-8H,5-6,10H2,1-4H3,(H,11,13). The van der Waals surface area contributed by atoms with E-state index in [1.165, 1.54) is 0 Å². The summed E-state index contributed by atoms with van der Waals surface area (Å²) in [6, 6.07) is 0.114. The Bertz CT molecular complexity index is 159. The number of urea groups is 1. The summed E-state index contributed by atoms with van der Waals surface area (Å²) in [4.78, 5) is 12.7. The fourth-order valence-corrected chi connectivity index (χ4v) is 0.968. The van der Waals surface area contributed by atoms with Crippen LogP contribution >= 0.6 is 0 Å². The highest BCUT2D eigenvalue weighted by Crippen LogP contribution is 2.03. The molecule has 0 aliphatic carbocycles. The molecule has 0 aliphatic heterocycles. The van der Waals surface area contributed by atoms with E-state index in [1.54, 1.807) is 19.0 Å². The first-order chi connectivity index (χ1) is 5.99. The third-order valence-electron chi connectivity index (χ3n) is 2.21. The van der Waals surface area contributed by atoms with Crippen LogP contribution < -0.4 is 11.1 Å². The summed E-state index contributed by atoms with van der Waals surface area (Å²) in [5.41, 5.74) is 5.85. The Morgan fingerprint density at radius 1 is 1.54 bits per heavy atom. The van der Waals surface area contributed by atoms with Crippen molar-refractivity contribution in [2.45, 2.75) is 26.3 Å². The van der Waals surface area contributed by atoms with Gasteiger partial charge in [0.1, 0.15) is 0 Å². The zero-order chi connectivity index (χ0) is 10.4. The van der Waals surface area contributed by atoms with Crippen molar-refractivity contribution in [3.05, 3.63) is 0 Å². The summed E-state index contributed by atoms with van der Waals surface area (Å²) in [6.45, 7) is 4.88. The van der Waals surface area contributed by atoms with Gasteiger partial charge in [-0.3, -0.25) is 0 Å². The Balaban J connectivity index is 3.69. The van der Waals surface area contributed by atoms with E-state index in [0.717, 1.165) is 6.42 Å². The fourth-order valence-electron chi connectivity index (χ4n) is 0.968. The molecular weight excluding hydrogens is 166 g/mol. The van der Waals surface area contributed by atoms with Gasteiger partial charge in [-0.1, -0.05) is 13.8 Å². The van der Waals surface area contributed by atoms with Crippen molar-refractivity contribution < 1.29 is 4.79 Å². The second kappa shape index (κ2) is 5.80. The molecule has 4 heteroatoms. The molecule has 0 aromatic rings. The number of rotatable bonds is 4. The van der Waals surface area contributed by atoms with Gasteiger partial charge in [0.2, 0.25) is 0 Å². The van der Waals surface area contributed by atoms with Gasteiger partial charge in [-0.15, -0.1) is 0 Å². The number of carbonyl (C=O) groups is 1. The van der Waals surface area contributed by atoms with E-state index in [1.807, 2.05) is 0 Å². The van der Waals surface area contributed by atoms with Crippen molar-refractivity contribution in [2.24, 2.45) is 11.7 Å². The topological polar surface area (TPSA) is 58.4 Å². The van der Waals surface area contributed by atoms with Crippen molar-refractivity contribution in [1.29, 1.82) is 0 Å². The predicted octanol–water partition coefficient (Wildman–Crippen LogP) is 0.631. The van der Waals surface area contributed by atoms with Crippen LogP contribution in [0.3, 0.4) is 0 Å². The van der Waals surface area contributed by atoms with Crippen LogP contribution in [0, 0.1) is 5.92 Å². The van der Waals surface area contributed by atoms with E-state index in [-0.39, 0.29) is 12.1 Å². The van der Waals surface area contributed by atoms with E-state index < -0.39 is 0 Å². The maximum absolute atomic E-state index is 11.1. The van der Waals surface area contributed by atoms with Crippen LogP contribution in [0.4, 0.5) is 4.79 Å². The lowest BCUT2D eigenvalue weighted by atomic mass is 10.0. The number of carbonyl (C=O) groups excluding carboxylic acids is 1. The van der Waals surface area contributed by atoms with Gasteiger partial charge in [-0.2, -0.15) is 0 Å². The molecule has 0 bridgehead atoms. The quantitative estimate of drug-likeness (QED) is 0.678. The highest BCUT2D eigenvalue weighted by molar-refractivity contribution is 5.73. The summed E-state index contributed by atoms with van der Waals surface area (Å²) in [5.74, 6) is 0.470. The van der Waals surface area contributed by atoms with Crippen LogP contribution in [-0.2, 0) is 0 Å². The lowest BCUT2D eigenvalue weighted by Crippen LogP contribution is -2.38. The monoisotopic (exact) mass is 187 g/mol. The van der Waals surface area contributed by atoms with Crippen molar-refractivity contribution >= 4 is 6.03 Å². The number of hydrogen-bond acceptors (Lipinski definition) is 2. The molecule has 0 fully saturated rings. The molecule has 0 saturated carbocycles. The first-order valence-electron chi connectivity index (χ1n) is 4.67. The molecule has 0 heterocycles. The number of nitrogens with two attached hydrogens (primary N) is 1. The number of hydrogen-bond donors (Lipinski definition) is 2. The van der Waals surface area contributed by atoms with E-state index in [9.17, 15) is 4.79 Å². The third-order valence-corrected chi connectivity index (χ3v) is 2.21. The van der Waals surface area contributed by atoms with Crippen LogP contribution in [-0.4, -0.2) is 37.6 Å². The van der Waals surface area contributed by atoms with Gasteiger partial charge < -0.3 is 16.0 Å². The fraction of sp³-hybridized carbons (Fsp3) is 0.889. The average Bonchev–Trinajstić information content (AvgIpc) is 2.11. The Hall–Kier alpha value is -0.770. The molecule has 78 valence electrons. The van der Waals surface area contributed by atoms with Crippen LogP contribution in [0.2, 0.25) is 0 Å². The van der Waals surface area contributed by atoms with Gasteiger partial charge in [-0.25, -0.2) is 4.79 Å². The highest BCUT2D eigenvalue weighted by atomic mass is 16.2. The SMILES string of the molecule is CNC(=O)N(C)CCC(N)C(C)C. The zero-order valence-corrected chi connectivity index (χ0v) is 9.00. The average molecular weight is 187 g/mol. The lowest BCUT2D eigenvalue weighted by molar-refractivity contribution is 0.208. The number of amides is 2. The summed E-state index contributed by atoms with van der Waals surface area (Å²) in [5, 5.41) is 2.56. The largest absolute Gasteiger partial charge is 0.341 e. The van der Waals surface area contributed by atoms with Crippen molar-refractivity contribution in [1.82, 2.24) is 10.2 Å². The zero-order valence-electron chi connectivity index (χ0n) is 9.00. The van der Waals surface area contributed by atoms with Gasteiger partial charge in [0.05, 0.1) is 0 Å². The van der Waals surface area contributed by atoms with E-state index in [4.69, 9.17) is 5.73 Å². The van der Waals surface area contributed by atoms with Crippen LogP contribution in [0.1, 0.15) is 20.3 Å². The Labute approximate surface area is 80.5 Å². The minimum absolute atomic E-state index is 0.0593. The number of nitrogens with zero attached hydrogens (tertiary/aromatic N) is 1. The second-order valence-corrected chi connectivity index (χ2v) is 3.67. The Morgan fingerprint density at radius 2 is 2.08 bits per heavy atom. The molecule has 0 radical (unpaired) electrons. The van der Waals surface area contributed by atoms with Crippen molar-refractivity contribution in [3.63, 3.8) is 0 Å². The molecule has 1 atom stereocenters. The molecule has 0 aliphatic rings. The van der Waals surface area contributed by atoms with Gasteiger partial charge in [0.15, 0.2) is 0 Å². The molecule has 4 nitrogen and oxygen atoms in total. The van der Waals surface area contributed by atoms with Gasteiger partial charge in [0.25, 0.3) is 0 Å². The van der Waals surface area contributed by atoms with Crippen molar-refractivity contribution in [2.75, 3.05) is 20.6 Å². The molecule has 0 spiro atoms. The molecule has 0 saturated heterocycles. The number of nitrogens with one attached hydrogen (secondary N) is 1. The molecule has 0 rings (SSSR count). The Kier molecular flexibility index (Phi) is 5.46. The molecule has 3 N–H and O–H groups in total. The maximum Gasteiger partial charge on any atom is 0.316 e. The second-order valence-electron chi connectivity index (χ2n) is 3.67. The third kappa shape index (κ3) is 4.72. The summed E-state index contributed by atoms with van der Waals surface area (Å²) >= 11 is 0. The summed E-state index contributed by atoms with van der Waals surface area (Å²) in [7, 11) is 3.40. The maximum atomic E-state index is 11.1. The van der Waals surface area contributed by atoms with Gasteiger partial charge in [0, 0.05) is 26.7 Å². The normalized spacial score (nSPS) is 12.8. The van der Waals surface area contributed by atoms with E-state index in [2.05, 4.69) is 19.2 Å². The van der Waals surface area contributed by atoms with E-state index in [0.29, 0.717) is 12.5 Å². The van der Waals surface area contributed by atoms with Gasteiger partial charge >= 0.3 is 6.03 Å². The van der Waals surface area contributed by atoms with Gasteiger partial charge in [-0.05, 0) is 12.3 Å². The van der Waals surface area contributed by atoms with Crippen LogP contribution in [0.15, 0.2) is 0 Å². The first-order valence-corrected chi connectivity index (χ1v) is 4.67. The smallest absolute Gasteiger partial charge is 0.316 e. The van der Waals surface area contributed by atoms with Crippen LogP contribution in [0.25, 0.3) is 0 Å². The molecule has 0 aromatic heterocycles. The minimum Gasteiger partial charge on any atom is -0.341 e. The van der Waals surface area contributed by atoms with Crippen molar-refractivity contribution in [3.8, 4) is 0 Å². The highest BCUT2D eigenvalue weighted by Gasteiger charge is 2.10. The van der Waals surface area contributed by atoms with Crippen LogP contribution in [0.5, 0.6) is 0 Å².